The van der Waals surface area contributed by atoms with Crippen LogP contribution in [-0.2, 0) is 9.53 Å². The van der Waals surface area contributed by atoms with E-state index in [1.165, 1.54) is 16.8 Å². The molecule has 0 aliphatic carbocycles. The summed E-state index contributed by atoms with van der Waals surface area (Å²) >= 11 is 1.55. The van der Waals surface area contributed by atoms with E-state index in [0.29, 0.717) is 31.2 Å². The lowest BCUT2D eigenvalue weighted by Gasteiger charge is -2.33. The Morgan fingerprint density at radius 3 is 2.34 bits per heavy atom. The Morgan fingerprint density at radius 2 is 1.72 bits per heavy atom. The van der Waals surface area contributed by atoms with Crippen LogP contribution in [-0.4, -0.2) is 111 Å². The number of amides is 3. The average molecular weight is 461 g/mol. The number of ether oxygens (including phenoxy) is 1. The third kappa shape index (κ3) is 4.23. The third-order valence-electron chi connectivity index (χ3n) is 5.74. The fourth-order valence-electron chi connectivity index (χ4n) is 4.40. The van der Waals surface area contributed by atoms with Crippen LogP contribution in [0.25, 0.3) is 0 Å². The van der Waals surface area contributed by atoms with Crippen molar-refractivity contribution in [3.05, 3.63) is 17.5 Å². The van der Waals surface area contributed by atoms with E-state index in [1.807, 2.05) is 38.7 Å². The van der Waals surface area contributed by atoms with Crippen molar-refractivity contribution in [1.29, 1.82) is 0 Å². The molecule has 3 unspecified atom stereocenters. The number of fused-ring (bicyclic) bond motifs is 1. The lowest BCUT2D eigenvalue weighted by molar-refractivity contribution is -0.571. The number of aromatic nitrogens is 2. The van der Waals surface area contributed by atoms with Gasteiger partial charge in [-0.25, -0.2) is 19.7 Å². The molecule has 172 valence electrons. The molecule has 2 saturated heterocycles. The van der Waals surface area contributed by atoms with Gasteiger partial charge in [0.05, 0.1) is 31.8 Å². The van der Waals surface area contributed by atoms with E-state index >= 15 is 0 Å². The largest absolute Gasteiger partial charge is 0.392 e. The van der Waals surface area contributed by atoms with Crippen LogP contribution in [0.4, 0.5) is 4.79 Å². The van der Waals surface area contributed by atoms with E-state index < -0.39 is 6.04 Å². The molecule has 3 aliphatic rings. The second-order valence-corrected chi connectivity index (χ2v) is 9.61. The molecule has 0 spiro atoms. The van der Waals surface area contributed by atoms with Crippen molar-refractivity contribution < 1.29 is 18.9 Å². The summed E-state index contributed by atoms with van der Waals surface area (Å²) in [5.74, 6) is 1.61. The predicted octanol–water partition coefficient (Wildman–Crippen LogP) is 0.968. The number of hydrogen-bond donors (Lipinski definition) is 0. The van der Waals surface area contributed by atoms with Gasteiger partial charge in [-0.15, -0.1) is 0 Å². The SMILES string of the molecule is Cc1cc(C)nc(SCCN2C(=[N+]3CC(C)OC(C)C3)N=C3C2C(=O)N(C)C(=O)N3C)n1. The molecule has 11 heteroatoms. The molecule has 3 amide bonds. The smallest absolute Gasteiger partial charge is 0.369 e. The molecule has 0 aromatic carbocycles. The molecule has 3 aliphatic heterocycles. The molecule has 4 heterocycles. The lowest BCUT2D eigenvalue weighted by atomic mass is 10.1. The van der Waals surface area contributed by atoms with Crippen LogP contribution >= 0.6 is 11.8 Å². The zero-order valence-corrected chi connectivity index (χ0v) is 20.2. The van der Waals surface area contributed by atoms with Crippen molar-refractivity contribution >= 4 is 35.5 Å². The number of amidine groups is 1. The molecule has 2 fully saturated rings. The molecule has 1 aromatic rings. The molecular weight excluding hydrogens is 430 g/mol. The van der Waals surface area contributed by atoms with Crippen LogP contribution < -0.4 is 0 Å². The number of aryl methyl sites for hydroxylation is 2. The van der Waals surface area contributed by atoms with Crippen LogP contribution in [0.2, 0.25) is 0 Å². The summed E-state index contributed by atoms with van der Waals surface area (Å²) in [6.45, 7) is 9.89. The minimum atomic E-state index is -0.619. The van der Waals surface area contributed by atoms with Crippen molar-refractivity contribution in [3.63, 3.8) is 0 Å². The number of urea groups is 1. The van der Waals surface area contributed by atoms with Gasteiger partial charge in [-0.2, -0.15) is 0 Å². The van der Waals surface area contributed by atoms with E-state index in [-0.39, 0.29) is 24.1 Å². The van der Waals surface area contributed by atoms with E-state index in [4.69, 9.17) is 9.73 Å². The fraction of sp³-hybridized carbons (Fsp3) is 0.619. The van der Waals surface area contributed by atoms with Crippen molar-refractivity contribution in [2.45, 2.75) is 51.1 Å². The van der Waals surface area contributed by atoms with E-state index in [2.05, 4.69) is 14.5 Å². The van der Waals surface area contributed by atoms with Gasteiger partial charge in [0.15, 0.2) is 5.16 Å². The lowest BCUT2D eigenvalue weighted by Crippen LogP contribution is -2.63. The van der Waals surface area contributed by atoms with Gasteiger partial charge in [0.1, 0.15) is 0 Å². The molecular formula is C21H30N7O3S+. The van der Waals surface area contributed by atoms with Crippen LogP contribution in [0, 0.1) is 13.8 Å². The highest BCUT2D eigenvalue weighted by Crippen LogP contribution is 2.25. The minimum Gasteiger partial charge on any atom is -0.369 e. The van der Waals surface area contributed by atoms with Crippen molar-refractivity contribution in [2.75, 3.05) is 39.5 Å². The Balaban J connectivity index is 1.63. The fourth-order valence-corrected chi connectivity index (χ4v) is 5.29. The maximum absolute atomic E-state index is 13.1. The summed E-state index contributed by atoms with van der Waals surface area (Å²) in [4.78, 5) is 44.1. The number of carbonyl (C=O) groups is 2. The third-order valence-corrected chi connectivity index (χ3v) is 6.56. The van der Waals surface area contributed by atoms with Gasteiger partial charge in [0.2, 0.25) is 11.9 Å². The van der Waals surface area contributed by atoms with Gasteiger partial charge >= 0.3 is 12.0 Å². The summed E-state index contributed by atoms with van der Waals surface area (Å²) in [6.07, 6.45) is 0.0958. The van der Waals surface area contributed by atoms with Gasteiger partial charge in [-0.3, -0.25) is 19.2 Å². The van der Waals surface area contributed by atoms with Gasteiger partial charge < -0.3 is 4.74 Å². The zero-order valence-electron chi connectivity index (χ0n) is 19.4. The predicted molar refractivity (Wildman–Crippen MR) is 121 cm³/mol. The Kier molecular flexibility index (Phi) is 6.22. The second-order valence-electron chi connectivity index (χ2n) is 8.55. The summed E-state index contributed by atoms with van der Waals surface area (Å²) in [7, 11) is 3.19. The number of carbonyl (C=O) groups excluding carboxylic acids is 2. The Hall–Kier alpha value is -2.53. The van der Waals surface area contributed by atoms with Gasteiger partial charge in [-0.1, -0.05) is 16.8 Å². The normalized spacial score (nSPS) is 26.1. The molecule has 10 nitrogen and oxygen atoms in total. The Morgan fingerprint density at radius 1 is 1.09 bits per heavy atom. The number of nitrogens with zero attached hydrogens (tertiary/aromatic N) is 7. The number of rotatable bonds is 4. The number of aliphatic imine (C=N–C) groups is 1. The maximum Gasteiger partial charge on any atom is 0.392 e. The number of guanidine groups is 1. The standard InChI is InChI=1S/C21H30N7O3S/c1-12-9-13(2)23-19(22-12)32-8-7-28-16-17(25(5)21(30)26(6)18(16)29)24-20(28)27-10-14(3)31-15(4)11-27/h9,14-16H,7-8,10-11H2,1-6H3/q+1. The molecule has 4 rings (SSSR count). The molecule has 0 bridgehead atoms. The van der Waals surface area contributed by atoms with Gasteiger partial charge in [-0.05, 0) is 33.8 Å². The van der Waals surface area contributed by atoms with Crippen molar-refractivity contribution in [1.82, 2.24) is 24.7 Å². The second kappa shape index (κ2) is 8.78. The van der Waals surface area contributed by atoms with E-state index in [1.54, 1.807) is 18.8 Å². The van der Waals surface area contributed by atoms with Crippen LogP contribution in [0.3, 0.4) is 0 Å². The number of hydrogen-bond acceptors (Lipinski definition) is 6. The van der Waals surface area contributed by atoms with E-state index in [0.717, 1.165) is 22.5 Å². The first-order valence-corrected chi connectivity index (χ1v) is 11.8. The topological polar surface area (TPSA) is 94.2 Å². The maximum atomic E-state index is 13.1. The first-order valence-electron chi connectivity index (χ1n) is 10.8. The molecule has 0 N–H and O–H groups in total. The highest BCUT2D eigenvalue weighted by molar-refractivity contribution is 7.99. The molecule has 0 radical (unpaired) electrons. The minimum absolute atomic E-state index is 0.0479. The summed E-state index contributed by atoms with van der Waals surface area (Å²) in [5, 5.41) is 0.720. The Labute approximate surface area is 192 Å². The van der Waals surface area contributed by atoms with Crippen LogP contribution in [0.5, 0.6) is 0 Å². The number of morpholine rings is 1. The summed E-state index contributed by atoms with van der Waals surface area (Å²) < 4.78 is 8.05. The van der Waals surface area contributed by atoms with Crippen molar-refractivity contribution in [2.24, 2.45) is 4.99 Å². The van der Waals surface area contributed by atoms with Crippen LogP contribution in [0.1, 0.15) is 25.2 Å². The van der Waals surface area contributed by atoms with Gasteiger partial charge in [0, 0.05) is 31.2 Å². The summed E-state index contributed by atoms with van der Waals surface area (Å²) in [6, 6.07) is 0.959. The van der Waals surface area contributed by atoms with Crippen LogP contribution in [0.15, 0.2) is 16.2 Å². The molecule has 1 aromatic heterocycles. The molecule has 32 heavy (non-hydrogen) atoms. The zero-order chi connectivity index (χ0) is 23.2. The average Bonchev–Trinajstić information content (AvgIpc) is 3.09. The quantitative estimate of drug-likeness (QED) is 0.375. The monoisotopic (exact) mass is 460 g/mol. The molecule has 3 atom stereocenters. The first-order chi connectivity index (χ1) is 15.2. The van der Waals surface area contributed by atoms with Gasteiger partial charge in [0.25, 0.3) is 5.91 Å². The highest BCUT2D eigenvalue weighted by atomic mass is 32.2. The highest BCUT2D eigenvalue weighted by Gasteiger charge is 2.55. The Bertz CT molecular complexity index is 979. The molecule has 0 saturated carbocycles. The first kappa shape index (κ1) is 22.7. The van der Waals surface area contributed by atoms with E-state index in [9.17, 15) is 9.59 Å². The number of imide groups is 1. The summed E-state index contributed by atoms with van der Waals surface area (Å²) in [5.41, 5.74) is 1.86. The van der Waals surface area contributed by atoms with Crippen molar-refractivity contribution in [3.8, 4) is 0 Å². The number of likely N-dealkylation sites (N-methyl/N-ethyl adjacent to an activating group) is 2. The number of thioether (sulfide) groups is 1.